The lowest BCUT2D eigenvalue weighted by Crippen LogP contribution is -2.49. The third-order valence-electron chi connectivity index (χ3n) is 4.69. The molecular formula is C18H27F3N2O5S. The number of aromatic nitrogens is 1. The number of rotatable bonds is 5. The van der Waals surface area contributed by atoms with E-state index in [2.05, 4.69) is 15.3 Å². The number of carboxylic acid groups (broad SMARTS) is 1. The summed E-state index contributed by atoms with van der Waals surface area (Å²) < 4.78 is 43.9. The van der Waals surface area contributed by atoms with Crippen LogP contribution in [0, 0.1) is 6.92 Å². The maximum absolute atomic E-state index is 10.6. The van der Waals surface area contributed by atoms with Crippen LogP contribution in [0.4, 0.5) is 13.2 Å². The summed E-state index contributed by atoms with van der Waals surface area (Å²) in [6, 6.07) is 0. The van der Waals surface area contributed by atoms with Crippen molar-refractivity contribution in [3.05, 3.63) is 16.1 Å². The first-order valence-corrected chi connectivity index (χ1v) is 10.2. The molecule has 3 atom stereocenters. The molecule has 0 aliphatic carbocycles. The maximum Gasteiger partial charge on any atom is 0.490 e. The Hall–Kier alpha value is -1.27. The Morgan fingerprint density at radius 1 is 1.55 bits per heavy atom. The summed E-state index contributed by atoms with van der Waals surface area (Å²) in [6.45, 7) is 7.80. The first kappa shape index (κ1) is 24.0. The summed E-state index contributed by atoms with van der Waals surface area (Å²) in [5.74, 6) is -2.76. The van der Waals surface area contributed by atoms with E-state index in [1.165, 1.54) is 0 Å². The number of thiazole rings is 1. The number of piperidine rings is 1. The van der Waals surface area contributed by atoms with Crippen molar-refractivity contribution in [3.8, 4) is 0 Å². The molecule has 1 spiro atoms. The molecule has 11 heteroatoms. The van der Waals surface area contributed by atoms with E-state index in [4.69, 9.17) is 19.4 Å². The van der Waals surface area contributed by atoms with Crippen molar-refractivity contribution in [1.82, 2.24) is 9.88 Å². The number of halogens is 3. The van der Waals surface area contributed by atoms with Crippen molar-refractivity contribution in [2.24, 2.45) is 0 Å². The lowest BCUT2D eigenvalue weighted by atomic mass is 9.89. The van der Waals surface area contributed by atoms with Crippen molar-refractivity contribution < 1.29 is 37.7 Å². The number of nitrogens with zero attached hydrogens (tertiary/aromatic N) is 2. The van der Waals surface area contributed by atoms with E-state index in [0.29, 0.717) is 13.2 Å². The van der Waals surface area contributed by atoms with Gasteiger partial charge in [-0.3, -0.25) is 4.90 Å². The number of aryl methyl sites for hydroxylation is 1. The van der Waals surface area contributed by atoms with Gasteiger partial charge < -0.3 is 19.7 Å². The number of carbonyl (C=O) groups is 1. The fraction of sp³-hybridized carbons (Fsp3) is 0.778. The quantitative estimate of drug-likeness (QED) is 0.727. The monoisotopic (exact) mass is 440 g/mol. The zero-order valence-corrected chi connectivity index (χ0v) is 17.3. The number of carboxylic acids is 1. The fourth-order valence-corrected chi connectivity index (χ4v) is 4.19. The summed E-state index contributed by atoms with van der Waals surface area (Å²) in [5, 5.41) is 19.9. The minimum atomic E-state index is -5.08. The van der Waals surface area contributed by atoms with Gasteiger partial charge in [-0.2, -0.15) is 13.2 Å². The zero-order chi connectivity index (χ0) is 21.7. The van der Waals surface area contributed by atoms with Gasteiger partial charge >= 0.3 is 12.1 Å². The van der Waals surface area contributed by atoms with E-state index in [0.717, 1.165) is 49.6 Å². The van der Waals surface area contributed by atoms with E-state index in [1.807, 2.05) is 13.8 Å². The summed E-state index contributed by atoms with van der Waals surface area (Å²) >= 11 is 1.66. The van der Waals surface area contributed by atoms with Crippen LogP contribution >= 0.6 is 11.3 Å². The molecule has 3 unspecified atom stereocenters. The Labute approximate surface area is 171 Å². The number of aliphatic hydroxyl groups excluding tert-OH is 1. The number of alkyl halides is 3. The van der Waals surface area contributed by atoms with E-state index in [-0.39, 0.29) is 17.8 Å². The molecule has 3 rings (SSSR count). The van der Waals surface area contributed by atoms with E-state index >= 15 is 0 Å². The third-order valence-corrected chi connectivity index (χ3v) is 5.51. The van der Waals surface area contributed by atoms with E-state index < -0.39 is 12.1 Å². The molecule has 0 radical (unpaired) electrons. The second kappa shape index (κ2) is 10.2. The molecule has 166 valence electrons. The number of likely N-dealkylation sites (tertiary alicyclic amines) is 1. The fourth-order valence-electron chi connectivity index (χ4n) is 3.59. The molecule has 2 saturated heterocycles. The lowest BCUT2D eigenvalue weighted by Gasteiger charge is -2.40. The second-order valence-electron chi connectivity index (χ2n) is 7.48. The summed E-state index contributed by atoms with van der Waals surface area (Å²) in [4.78, 5) is 15.7. The Bertz CT molecular complexity index is 670. The van der Waals surface area contributed by atoms with Crippen LogP contribution < -0.4 is 0 Å². The third kappa shape index (κ3) is 7.82. The second-order valence-corrected chi connectivity index (χ2v) is 8.54. The molecule has 0 bridgehead atoms. The first-order chi connectivity index (χ1) is 13.5. The number of hydrogen-bond donors (Lipinski definition) is 2. The van der Waals surface area contributed by atoms with Gasteiger partial charge in [-0.1, -0.05) is 0 Å². The Morgan fingerprint density at radius 2 is 2.24 bits per heavy atom. The van der Waals surface area contributed by atoms with Gasteiger partial charge in [0.05, 0.1) is 41.7 Å². The predicted molar refractivity (Wildman–Crippen MR) is 99.8 cm³/mol. The zero-order valence-electron chi connectivity index (χ0n) is 16.4. The molecule has 0 amide bonds. The molecular weight excluding hydrogens is 413 g/mol. The number of aliphatic carboxylic acids is 1. The van der Waals surface area contributed by atoms with Crippen LogP contribution in [-0.2, 0) is 20.9 Å². The Kier molecular flexibility index (Phi) is 8.41. The van der Waals surface area contributed by atoms with Crippen LogP contribution in [0.15, 0.2) is 5.38 Å². The van der Waals surface area contributed by atoms with Crippen LogP contribution in [-0.4, -0.2) is 76.3 Å². The Balaban J connectivity index is 0.000000370. The summed E-state index contributed by atoms with van der Waals surface area (Å²) in [5.41, 5.74) is 0.943. The molecule has 2 N–H and O–H groups in total. The number of aliphatic hydroxyl groups is 1. The largest absolute Gasteiger partial charge is 0.490 e. The SMILES string of the molecule is Cc1nc(COC2COC3(CCCN(CC(C)O)C3)C2)cs1.O=C(O)C(F)(F)F. The first-order valence-electron chi connectivity index (χ1n) is 9.36. The van der Waals surface area contributed by atoms with E-state index in [9.17, 15) is 18.3 Å². The summed E-state index contributed by atoms with van der Waals surface area (Å²) in [6.07, 6.45) is -2.03. The molecule has 0 aromatic carbocycles. The number of hydrogen-bond acceptors (Lipinski definition) is 7. The molecule has 0 saturated carbocycles. The van der Waals surface area contributed by atoms with Crippen molar-refractivity contribution in [2.75, 3.05) is 26.2 Å². The molecule has 7 nitrogen and oxygen atoms in total. The van der Waals surface area contributed by atoms with E-state index in [1.54, 1.807) is 11.3 Å². The normalized spacial score (nSPS) is 26.2. The molecule has 3 heterocycles. The predicted octanol–water partition coefficient (Wildman–Crippen LogP) is 2.61. The highest BCUT2D eigenvalue weighted by Gasteiger charge is 2.44. The van der Waals surface area contributed by atoms with Crippen LogP contribution in [0.2, 0.25) is 0 Å². The highest BCUT2D eigenvalue weighted by molar-refractivity contribution is 7.09. The molecule has 2 aliphatic rings. The van der Waals surface area contributed by atoms with Gasteiger partial charge in [0.1, 0.15) is 0 Å². The van der Waals surface area contributed by atoms with Gasteiger partial charge in [0.15, 0.2) is 0 Å². The van der Waals surface area contributed by atoms with Crippen molar-refractivity contribution in [3.63, 3.8) is 0 Å². The van der Waals surface area contributed by atoms with Crippen molar-refractivity contribution in [2.45, 2.75) is 63.7 Å². The number of ether oxygens (including phenoxy) is 2. The maximum atomic E-state index is 10.6. The lowest BCUT2D eigenvalue weighted by molar-refractivity contribution is -0.192. The molecule has 29 heavy (non-hydrogen) atoms. The average molecular weight is 440 g/mol. The van der Waals surface area contributed by atoms with Crippen LogP contribution in [0.25, 0.3) is 0 Å². The highest BCUT2D eigenvalue weighted by atomic mass is 32.1. The molecule has 1 aromatic heterocycles. The van der Waals surface area contributed by atoms with Gasteiger partial charge in [0, 0.05) is 24.9 Å². The van der Waals surface area contributed by atoms with Gasteiger partial charge in [0.25, 0.3) is 0 Å². The minimum absolute atomic E-state index is 0.0736. The smallest absolute Gasteiger partial charge is 0.475 e. The number of β-amino-alcohol motifs (C(OH)–C–C–N with tert-alkyl or cyclic N) is 1. The Morgan fingerprint density at radius 3 is 2.79 bits per heavy atom. The van der Waals surface area contributed by atoms with Crippen LogP contribution in [0.1, 0.15) is 36.9 Å². The molecule has 2 aliphatic heterocycles. The average Bonchev–Trinajstić information content (AvgIpc) is 3.18. The minimum Gasteiger partial charge on any atom is -0.475 e. The van der Waals surface area contributed by atoms with Gasteiger partial charge in [-0.15, -0.1) is 11.3 Å². The van der Waals surface area contributed by atoms with Crippen molar-refractivity contribution in [1.29, 1.82) is 0 Å². The van der Waals surface area contributed by atoms with Gasteiger partial charge in [-0.05, 0) is 33.2 Å². The van der Waals surface area contributed by atoms with Gasteiger partial charge in [-0.25, -0.2) is 9.78 Å². The van der Waals surface area contributed by atoms with Crippen LogP contribution in [0.5, 0.6) is 0 Å². The highest BCUT2D eigenvalue weighted by Crippen LogP contribution is 2.36. The topological polar surface area (TPSA) is 92.1 Å². The summed E-state index contributed by atoms with van der Waals surface area (Å²) in [7, 11) is 0. The molecule has 2 fully saturated rings. The van der Waals surface area contributed by atoms with Gasteiger partial charge in [0.2, 0.25) is 0 Å². The standard InChI is InChI=1S/C16H26N2O3S.C2HF3O2/c1-12(19)7-18-5-3-4-16(11-18)6-15(9-21-16)20-8-14-10-22-13(2)17-14;3-2(4,5)1(6)7/h10,12,15,19H,3-9,11H2,1-2H3;(H,6,7). The van der Waals surface area contributed by atoms with Crippen LogP contribution in [0.3, 0.4) is 0 Å². The molecule has 1 aromatic rings. The van der Waals surface area contributed by atoms with Crippen molar-refractivity contribution >= 4 is 17.3 Å².